The molecule has 0 bridgehead atoms. The van der Waals surface area contributed by atoms with Crippen molar-refractivity contribution in [3.63, 3.8) is 0 Å². The van der Waals surface area contributed by atoms with E-state index in [9.17, 15) is 0 Å². The molecule has 1 atom stereocenters. The SMILES string of the molecule is C=CCC(N)c1ncc(Cl)cc1Cl. The van der Waals surface area contributed by atoms with Gasteiger partial charge in [0.05, 0.1) is 21.8 Å². The Labute approximate surface area is 87.4 Å². The Morgan fingerprint density at radius 2 is 2.31 bits per heavy atom. The molecule has 0 aliphatic carbocycles. The van der Waals surface area contributed by atoms with Crippen molar-refractivity contribution in [3.05, 3.63) is 40.7 Å². The molecule has 1 unspecified atom stereocenters. The summed E-state index contributed by atoms with van der Waals surface area (Å²) in [6.07, 6.45) is 3.91. The molecule has 0 spiro atoms. The van der Waals surface area contributed by atoms with Crippen LogP contribution in [0.3, 0.4) is 0 Å². The fraction of sp³-hybridized carbons (Fsp3) is 0.222. The van der Waals surface area contributed by atoms with Crippen LogP contribution in [0, 0.1) is 0 Å². The van der Waals surface area contributed by atoms with Gasteiger partial charge in [-0.15, -0.1) is 6.58 Å². The van der Waals surface area contributed by atoms with Crippen molar-refractivity contribution >= 4 is 23.2 Å². The van der Waals surface area contributed by atoms with Gasteiger partial charge in [0, 0.05) is 6.20 Å². The number of halogens is 2. The number of hydrogen-bond acceptors (Lipinski definition) is 2. The van der Waals surface area contributed by atoms with Crippen LogP contribution >= 0.6 is 23.2 Å². The molecule has 0 aliphatic rings. The van der Waals surface area contributed by atoms with E-state index in [2.05, 4.69) is 11.6 Å². The Kier molecular flexibility index (Phi) is 3.72. The molecule has 2 N–H and O–H groups in total. The highest BCUT2D eigenvalue weighted by Crippen LogP contribution is 2.24. The van der Waals surface area contributed by atoms with E-state index >= 15 is 0 Å². The average Bonchev–Trinajstić information content (AvgIpc) is 2.04. The minimum atomic E-state index is -0.206. The van der Waals surface area contributed by atoms with Gasteiger partial charge >= 0.3 is 0 Å². The van der Waals surface area contributed by atoms with Crippen molar-refractivity contribution in [1.82, 2.24) is 4.98 Å². The van der Waals surface area contributed by atoms with E-state index in [0.717, 1.165) is 0 Å². The van der Waals surface area contributed by atoms with E-state index in [1.807, 2.05) is 0 Å². The predicted molar refractivity (Wildman–Crippen MR) is 56.0 cm³/mol. The Balaban J connectivity index is 2.94. The molecule has 0 saturated carbocycles. The minimum absolute atomic E-state index is 0.206. The maximum absolute atomic E-state index is 5.90. The van der Waals surface area contributed by atoms with Crippen LogP contribution in [0.5, 0.6) is 0 Å². The normalized spacial score (nSPS) is 12.5. The first-order valence-corrected chi connectivity index (χ1v) is 4.58. The van der Waals surface area contributed by atoms with Gasteiger partial charge < -0.3 is 5.73 Å². The van der Waals surface area contributed by atoms with Crippen molar-refractivity contribution in [2.75, 3.05) is 0 Å². The van der Waals surface area contributed by atoms with E-state index in [1.165, 1.54) is 6.20 Å². The van der Waals surface area contributed by atoms with Gasteiger partial charge in [-0.2, -0.15) is 0 Å². The second kappa shape index (κ2) is 4.61. The van der Waals surface area contributed by atoms with Crippen LogP contribution in [0.1, 0.15) is 18.2 Å². The lowest BCUT2D eigenvalue weighted by Gasteiger charge is -2.09. The lowest BCUT2D eigenvalue weighted by Crippen LogP contribution is -2.11. The molecular weight excluding hydrogens is 207 g/mol. The molecule has 0 radical (unpaired) electrons. The van der Waals surface area contributed by atoms with Crippen molar-refractivity contribution in [3.8, 4) is 0 Å². The highest BCUT2D eigenvalue weighted by atomic mass is 35.5. The van der Waals surface area contributed by atoms with Crippen molar-refractivity contribution in [2.45, 2.75) is 12.5 Å². The van der Waals surface area contributed by atoms with E-state index in [1.54, 1.807) is 12.1 Å². The third-order valence-corrected chi connectivity index (χ3v) is 2.12. The summed E-state index contributed by atoms with van der Waals surface area (Å²) in [7, 11) is 0. The zero-order valence-electron chi connectivity index (χ0n) is 7.00. The minimum Gasteiger partial charge on any atom is -0.322 e. The highest BCUT2D eigenvalue weighted by molar-refractivity contribution is 6.34. The van der Waals surface area contributed by atoms with Gasteiger partial charge in [0.15, 0.2) is 0 Å². The number of hydrogen-bond donors (Lipinski definition) is 1. The van der Waals surface area contributed by atoms with Gasteiger partial charge in [0.2, 0.25) is 0 Å². The average molecular weight is 217 g/mol. The van der Waals surface area contributed by atoms with Crippen LogP contribution in [-0.4, -0.2) is 4.98 Å². The molecule has 0 aromatic carbocycles. The number of nitrogens with two attached hydrogens (primary N) is 1. The summed E-state index contributed by atoms with van der Waals surface area (Å²) in [6.45, 7) is 3.60. The number of pyridine rings is 1. The molecule has 4 heteroatoms. The van der Waals surface area contributed by atoms with Gasteiger partial charge in [-0.1, -0.05) is 29.3 Å². The fourth-order valence-electron chi connectivity index (χ4n) is 0.989. The lowest BCUT2D eigenvalue weighted by atomic mass is 10.1. The Bertz CT molecular complexity index is 312. The quantitative estimate of drug-likeness (QED) is 0.790. The highest BCUT2D eigenvalue weighted by Gasteiger charge is 2.10. The zero-order chi connectivity index (χ0) is 9.84. The third-order valence-electron chi connectivity index (χ3n) is 1.61. The molecule has 1 heterocycles. The Hall–Kier alpha value is -0.570. The maximum Gasteiger partial charge on any atom is 0.0761 e. The fourth-order valence-corrected chi connectivity index (χ4v) is 1.51. The largest absolute Gasteiger partial charge is 0.322 e. The second-order valence-corrected chi connectivity index (χ2v) is 3.50. The predicted octanol–water partition coefficient (Wildman–Crippen LogP) is 2.96. The molecule has 0 aliphatic heterocycles. The second-order valence-electron chi connectivity index (χ2n) is 2.65. The first-order valence-electron chi connectivity index (χ1n) is 3.82. The molecule has 0 amide bonds. The summed E-state index contributed by atoms with van der Waals surface area (Å²) in [6, 6.07) is 1.43. The molecule has 70 valence electrons. The maximum atomic E-state index is 5.90. The van der Waals surface area contributed by atoms with Crippen LogP contribution in [0.15, 0.2) is 24.9 Å². The van der Waals surface area contributed by atoms with Gasteiger partial charge in [0.25, 0.3) is 0 Å². The summed E-state index contributed by atoms with van der Waals surface area (Å²) in [5, 5.41) is 1.02. The molecule has 1 aromatic heterocycles. The smallest absolute Gasteiger partial charge is 0.0761 e. The zero-order valence-corrected chi connectivity index (χ0v) is 8.52. The number of aromatic nitrogens is 1. The standard InChI is InChI=1S/C9H10Cl2N2/c1-2-3-8(12)9-7(11)4-6(10)5-13-9/h2,4-5,8H,1,3,12H2. The summed E-state index contributed by atoms with van der Waals surface area (Å²) in [5.41, 5.74) is 6.45. The van der Waals surface area contributed by atoms with Gasteiger partial charge in [-0.05, 0) is 12.5 Å². The van der Waals surface area contributed by atoms with Gasteiger partial charge in [0.1, 0.15) is 0 Å². The molecule has 1 rings (SSSR count). The van der Waals surface area contributed by atoms with E-state index in [-0.39, 0.29) is 6.04 Å². The topological polar surface area (TPSA) is 38.9 Å². The van der Waals surface area contributed by atoms with Crippen LogP contribution in [0.2, 0.25) is 10.0 Å². The van der Waals surface area contributed by atoms with Crippen LogP contribution in [-0.2, 0) is 0 Å². The first kappa shape index (κ1) is 10.5. The van der Waals surface area contributed by atoms with Crippen LogP contribution < -0.4 is 5.73 Å². The van der Waals surface area contributed by atoms with Gasteiger partial charge in [-0.25, -0.2) is 0 Å². The lowest BCUT2D eigenvalue weighted by molar-refractivity contribution is 0.714. The third kappa shape index (κ3) is 2.69. The summed E-state index contributed by atoms with van der Waals surface area (Å²) in [5.74, 6) is 0. The summed E-state index contributed by atoms with van der Waals surface area (Å²) < 4.78 is 0. The van der Waals surface area contributed by atoms with Crippen LogP contribution in [0.25, 0.3) is 0 Å². The molecule has 1 aromatic rings. The van der Waals surface area contributed by atoms with E-state index in [0.29, 0.717) is 22.2 Å². The molecule has 0 saturated heterocycles. The monoisotopic (exact) mass is 216 g/mol. The molecular formula is C9H10Cl2N2. The first-order chi connectivity index (χ1) is 6.15. The van der Waals surface area contributed by atoms with Crippen LogP contribution in [0.4, 0.5) is 0 Å². The Morgan fingerprint density at radius 3 is 2.85 bits per heavy atom. The Morgan fingerprint density at radius 1 is 1.62 bits per heavy atom. The van der Waals surface area contributed by atoms with E-state index in [4.69, 9.17) is 28.9 Å². The molecule has 2 nitrogen and oxygen atoms in total. The summed E-state index contributed by atoms with van der Waals surface area (Å²) in [4.78, 5) is 4.06. The molecule has 13 heavy (non-hydrogen) atoms. The van der Waals surface area contributed by atoms with Crippen molar-refractivity contribution in [2.24, 2.45) is 5.73 Å². The van der Waals surface area contributed by atoms with Crippen molar-refractivity contribution in [1.29, 1.82) is 0 Å². The number of nitrogens with zero attached hydrogens (tertiary/aromatic N) is 1. The summed E-state index contributed by atoms with van der Waals surface area (Å²) >= 11 is 11.6. The van der Waals surface area contributed by atoms with Crippen molar-refractivity contribution < 1.29 is 0 Å². The number of rotatable bonds is 3. The van der Waals surface area contributed by atoms with E-state index < -0.39 is 0 Å². The molecule has 0 fully saturated rings. The van der Waals surface area contributed by atoms with Gasteiger partial charge in [-0.3, -0.25) is 4.98 Å².